The SMILES string of the molecule is CCCCC1CCC(C(C)Cc2cc(F)c(C(=O)Oc3cc(F)c(F)c(F)c3)c(F)c2)CC1. The molecule has 0 amide bonds. The smallest absolute Gasteiger partial charge is 0.349 e. The van der Waals surface area contributed by atoms with E-state index in [1.807, 2.05) is 0 Å². The lowest BCUT2D eigenvalue weighted by Gasteiger charge is -2.32. The lowest BCUT2D eigenvalue weighted by atomic mass is 9.73. The van der Waals surface area contributed by atoms with Crippen LogP contribution in [0.5, 0.6) is 5.75 Å². The molecular weight excluding hydrogens is 439 g/mol. The Bertz CT molecular complexity index is 937. The highest BCUT2D eigenvalue weighted by Gasteiger charge is 2.27. The number of benzene rings is 2. The van der Waals surface area contributed by atoms with Gasteiger partial charge in [-0.3, -0.25) is 0 Å². The van der Waals surface area contributed by atoms with Gasteiger partial charge in [-0.15, -0.1) is 0 Å². The molecule has 7 heteroatoms. The van der Waals surface area contributed by atoms with Gasteiger partial charge in [-0.1, -0.05) is 46.0 Å². The van der Waals surface area contributed by atoms with Crippen LogP contribution in [0.15, 0.2) is 24.3 Å². The molecule has 0 bridgehead atoms. The third kappa shape index (κ3) is 6.33. The maximum Gasteiger partial charge on any atom is 0.349 e. The number of hydrogen-bond donors (Lipinski definition) is 0. The summed E-state index contributed by atoms with van der Waals surface area (Å²) in [5, 5.41) is 0. The third-order valence-electron chi connectivity index (χ3n) is 6.69. The van der Waals surface area contributed by atoms with Crippen LogP contribution in [0.25, 0.3) is 0 Å². The van der Waals surface area contributed by atoms with Crippen molar-refractivity contribution >= 4 is 5.97 Å². The van der Waals surface area contributed by atoms with Crippen LogP contribution in [0.4, 0.5) is 22.0 Å². The molecule has 0 spiro atoms. The molecule has 0 saturated heterocycles. The van der Waals surface area contributed by atoms with E-state index in [2.05, 4.69) is 18.6 Å². The van der Waals surface area contributed by atoms with Gasteiger partial charge in [0.1, 0.15) is 22.9 Å². The fraction of sp³-hybridized carbons (Fsp3) is 0.500. The molecule has 2 aromatic rings. The molecule has 0 aromatic heterocycles. The summed E-state index contributed by atoms with van der Waals surface area (Å²) in [5.74, 6) is -7.78. The molecule has 0 N–H and O–H groups in total. The summed E-state index contributed by atoms with van der Waals surface area (Å²) >= 11 is 0. The average molecular weight is 469 g/mol. The first-order valence-corrected chi connectivity index (χ1v) is 11.5. The number of rotatable bonds is 8. The largest absolute Gasteiger partial charge is 0.423 e. The van der Waals surface area contributed by atoms with Crippen LogP contribution in [0.1, 0.15) is 74.7 Å². The van der Waals surface area contributed by atoms with Crippen molar-refractivity contribution in [3.63, 3.8) is 0 Å². The van der Waals surface area contributed by atoms with Crippen LogP contribution < -0.4 is 4.74 Å². The van der Waals surface area contributed by atoms with E-state index in [0.29, 0.717) is 30.0 Å². The Hall–Kier alpha value is -2.44. The second kappa shape index (κ2) is 11.1. The molecule has 2 aromatic carbocycles. The van der Waals surface area contributed by atoms with Crippen LogP contribution in [0.3, 0.4) is 0 Å². The van der Waals surface area contributed by atoms with Crippen molar-refractivity contribution < 1.29 is 31.5 Å². The van der Waals surface area contributed by atoms with Crippen molar-refractivity contribution in [3.8, 4) is 5.75 Å². The molecule has 1 unspecified atom stereocenters. The molecule has 0 radical (unpaired) electrons. The third-order valence-corrected chi connectivity index (χ3v) is 6.69. The van der Waals surface area contributed by atoms with Crippen LogP contribution in [-0.4, -0.2) is 5.97 Å². The van der Waals surface area contributed by atoms with E-state index in [9.17, 15) is 26.7 Å². The number of hydrogen-bond acceptors (Lipinski definition) is 2. The average Bonchev–Trinajstić information content (AvgIpc) is 2.75. The number of ether oxygens (including phenoxy) is 1. The van der Waals surface area contributed by atoms with Gasteiger partial charge in [0.2, 0.25) is 0 Å². The van der Waals surface area contributed by atoms with Gasteiger partial charge in [-0.25, -0.2) is 26.7 Å². The molecule has 1 aliphatic rings. The van der Waals surface area contributed by atoms with E-state index in [4.69, 9.17) is 0 Å². The molecule has 180 valence electrons. The molecule has 0 heterocycles. The number of esters is 1. The van der Waals surface area contributed by atoms with Crippen LogP contribution in [-0.2, 0) is 6.42 Å². The minimum atomic E-state index is -1.74. The molecule has 1 saturated carbocycles. The van der Waals surface area contributed by atoms with E-state index < -0.39 is 46.4 Å². The maximum absolute atomic E-state index is 14.6. The van der Waals surface area contributed by atoms with Crippen molar-refractivity contribution in [2.24, 2.45) is 17.8 Å². The fourth-order valence-corrected chi connectivity index (χ4v) is 4.76. The highest BCUT2D eigenvalue weighted by molar-refractivity contribution is 5.91. The standard InChI is InChI=1S/C26H29F5O2/c1-3-4-5-16-6-8-18(9-7-16)15(2)10-17-11-20(27)24(21(28)12-17)26(32)33-19-13-22(29)25(31)23(30)14-19/h11-16,18H,3-10H2,1-2H3. The van der Waals surface area contributed by atoms with Crippen LogP contribution in [0, 0.1) is 46.8 Å². The first-order chi connectivity index (χ1) is 15.7. The lowest BCUT2D eigenvalue weighted by Crippen LogP contribution is -2.22. The molecule has 1 aliphatic carbocycles. The zero-order valence-corrected chi connectivity index (χ0v) is 18.9. The molecular formula is C26H29F5O2. The molecule has 1 atom stereocenters. The van der Waals surface area contributed by atoms with Gasteiger partial charge < -0.3 is 4.74 Å². The highest BCUT2D eigenvalue weighted by atomic mass is 19.2. The van der Waals surface area contributed by atoms with E-state index in [0.717, 1.165) is 30.9 Å². The molecule has 3 rings (SSSR count). The van der Waals surface area contributed by atoms with E-state index >= 15 is 0 Å². The van der Waals surface area contributed by atoms with Gasteiger partial charge >= 0.3 is 5.97 Å². The van der Waals surface area contributed by atoms with Crippen LogP contribution in [0.2, 0.25) is 0 Å². The second-order valence-electron chi connectivity index (χ2n) is 9.13. The summed E-state index contributed by atoms with van der Waals surface area (Å²) < 4.78 is 73.5. The van der Waals surface area contributed by atoms with Crippen molar-refractivity contribution in [2.75, 3.05) is 0 Å². The zero-order chi connectivity index (χ0) is 24.1. The van der Waals surface area contributed by atoms with Gasteiger partial charge in [-0.2, -0.15) is 0 Å². The van der Waals surface area contributed by atoms with Gasteiger partial charge in [0.25, 0.3) is 0 Å². The van der Waals surface area contributed by atoms with Crippen molar-refractivity contribution in [2.45, 2.75) is 65.2 Å². The highest BCUT2D eigenvalue weighted by Crippen LogP contribution is 2.37. The van der Waals surface area contributed by atoms with Gasteiger partial charge in [-0.05, 0) is 54.7 Å². The topological polar surface area (TPSA) is 26.3 Å². The lowest BCUT2D eigenvalue weighted by molar-refractivity contribution is 0.0723. The van der Waals surface area contributed by atoms with Crippen molar-refractivity contribution in [1.29, 1.82) is 0 Å². The summed E-state index contributed by atoms with van der Waals surface area (Å²) in [6, 6.07) is 3.04. The Kier molecular flexibility index (Phi) is 8.49. The fourth-order valence-electron chi connectivity index (χ4n) is 4.76. The quantitative estimate of drug-likeness (QED) is 0.171. The number of halogens is 5. The number of carbonyl (C=O) groups excluding carboxylic acids is 1. The monoisotopic (exact) mass is 468 g/mol. The summed E-state index contributed by atoms with van der Waals surface area (Å²) in [7, 11) is 0. The van der Waals surface area contributed by atoms with Gasteiger partial charge in [0, 0.05) is 12.1 Å². The first kappa shape index (κ1) is 25.2. The minimum Gasteiger partial charge on any atom is -0.423 e. The molecule has 33 heavy (non-hydrogen) atoms. The minimum absolute atomic E-state index is 0.235. The second-order valence-corrected chi connectivity index (χ2v) is 9.13. The Labute approximate surface area is 191 Å². The molecule has 2 nitrogen and oxygen atoms in total. The Balaban J connectivity index is 1.64. The van der Waals surface area contributed by atoms with E-state index in [1.54, 1.807) is 0 Å². The molecule has 1 fully saturated rings. The summed E-state index contributed by atoms with van der Waals surface area (Å²) in [6.07, 6.45) is 8.79. The number of unbranched alkanes of at least 4 members (excludes halogenated alkanes) is 1. The van der Waals surface area contributed by atoms with Crippen molar-refractivity contribution in [3.05, 3.63) is 64.5 Å². The summed E-state index contributed by atoms with van der Waals surface area (Å²) in [5.41, 5.74) is -0.533. The van der Waals surface area contributed by atoms with Gasteiger partial charge in [0.05, 0.1) is 0 Å². The Morgan fingerprint density at radius 2 is 1.52 bits per heavy atom. The van der Waals surface area contributed by atoms with Gasteiger partial charge in [0.15, 0.2) is 17.5 Å². The summed E-state index contributed by atoms with van der Waals surface area (Å²) in [4.78, 5) is 12.2. The predicted molar refractivity (Wildman–Crippen MR) is 115 cm³/mol. The molecule has 0 aliphatic heterocycles. The van der Waals surface area contributed by atoms with Crippen molar-refractivity contribution in [1.82, 2.24) is 0 Å². The Morgan fingerprint density at radius 1 is 0.939 bits per heavy atom. The first-order valence-electron chi connectivity index (χ1n) is 11.5. The van der Waals surface area contributed by atoms with E-state index in [1.165, 1.54) is 32.1 Å². The van der Waals surface area contributed by atoms with E-state index in [-0.39, 0.29) is 5.92 Å². The predicted octanol–water partition coefficient (Wildman–Crippen LogP) is 7.78. The Morgan fingerprint density at radius 3 is 2.06 bits per heavy atom. The zero-order valence-electron chi connectivity index (χ0n) is 18.9. The number of carbonyl (C=O) groups is 1. The summed E-state index contributed by atoms with van der Waals surface area (Å²) in [6.45, 7) is 4.27. The normalized spacial score (nSPS) is 19.4. The maximum atomic E-state index is 14.6. The van der Waals surface area contributed by atoms with Crippen LogP contribution >= 0.6 is 0 Å².